The van der Waals surface area contributed by atoms with Gasteiger partial charge in [-0.05, 0) is 50.4 Å². The molecule has 2 bridgehead atoms. The number of carbonyl (C=O) groups is 1. The predicted octanol–water partition coefficient (Wildman–Crippen LogP) is 0.982. The lowest BCUT2D eigenvalue weighted by molar-refractivity contribution is 0.0679. The first-order valence-corrected chi connectivity index (χ1v) is 11.1. The van der Waals surface area contributed by atoms with Crippen LogP contribution in [0.5, 0.6) is 0 Å². The van der Waals surface area contributed by atoms with Crippen LogP contribution in [0.25, 0.3) is 0 Å². The fraction of sp³-hybridized carbons (Fsp3) is 0.632. The molecule has 0 aliphatic carbocycles. The number of benzene rings is 1. The molecule has 3 heterocycles. The van der Waals surface area contributed by atoms with Gasteiger partial charge in [-0.1, -0.05) is 6.07 Å². The van der Waals surface area contributed by atoms with E-state index in [-0.39, 0.29) is 22.9 Å². The number of hydrogen-bond donors (Lipinski definition) is 1. The van der Waals surface area contributed by atoms with Gasteiger partial charge in [0.15, 0.2) is 0 Å². The molecule has 4 rings (SSSR count). The molecule has 2 unspecified atom stereocenters. The van der Waals surface area contributed by atoms with Gasteiger partial charge >= 0.3 is 0 Å². The van der Waals surface area contributed by atoms with Crippen molar-refractivity contribution in [2.75, 3.05) is 39.4 Å². The van der Waals surface area contributed by atoms with Crippen molar-refractivity contribution in [2.24, 2.45) is 0 Å². The lowest BCUT2D eigenvalue weighted by Crippen LogP contribution is -2.43. The first-order valence-electron chi connectivity index (χ1n) is 9.70. The molecule has 3 fully saturated rings. The maximum absolute atomic E-state index is 13.2. The summed E-state index contributed by atoms with van der Waals surface area (Å²) in [5.41, 5.74) is 1.13. The van der Waals surface area contributed by atoms with Crippen LogP contribution in [0.15, 0.2) is 23.1 Å². The molecule has 0 radical (unpaired) electrons. The van der Waals surface area contributed by atoms with E-state index in [4.69, 9.17) is 4.74 Å². The molecule has 2 atom stereocenters. The number of nitrogens with one attached hydrogen (secondary N) is 1. The molecule has 7 nitrogen and oxygen atoms in total. The van der Waals surface area contributed by atoms with Crippen molar-refractivity contribution in [1.82, 2.24) is 14.5 Å². The third-order valence-electron chi connectivity index (χ3n) is 5.91. The summed E-state index contributed by atoms with van der Waals surface area (Å²) in [5.74, 6) is -0.0513. The Morgan fingerprint density at radius 1 is 1.15 bits per heavy atom. The molecule has 3 aliphatic rings. The Morgan fingerprint density at radius 3 is 2.67 bits per heavy atom. The SMILES string of the molecule is Cc1ccc(C(=O)N2C3CCNCC2CC3)cc1S(=O)(=O)N1CCOCC1. The lowest BCUT2D eigenvalue weighted by Gasteiger charge is -2.29. The third-order valence-corrected chi connectivity index (χ3v) is 7.95. The smallest absolute Gasteiger partial charge is 0.254 e. The molecule has 27 heavy (non-hydrogen) atoms. The molecule has 0 saturated carbocycles. The summed E-state index contributed by atoms with van der Waals surface area (Å²) in [6, 6.07) is 5.52. The van der Waals surface area contributed by atoms with Gasteiger partial charge in [0.25, 0.3) is 5.91 Å². The van der Waals surface area contributed by atoms with Gasteiger partial charge < -0.3 is 15.0 Å². The quantitative estimate of drug-likeness (QED) is 0.828. The van der Waals surface area contributed by atoms with Crippen LogP contribution >= 0.6 is 0 Å². The number of nitrogens with zero attached hydrogens (tertiary/aromatic N) is 2. The van der Waals surface area contributed by atoms with Gasteiger partial charge in [-0.3, -0.25) is 4.79 Å². The maximum atomic E-state index is 13.2. The zero-order valence-electron chi connectivity index (χ0n) is 15.7. The maximum Gasteiger partial charge on any atom is 0.254 e. The van der Waals surface area contributed by atoms with Crippen LogP contribution in [-0.4, -0.2) is 75.0 Å². The summed E-state index contributed by atoms with van der Waals surface area (Å²) in [4.78, 5) is 15.5. The fourth-order valence-corrected chi connectivity index (χ4v) is 6.06. The summed E-state index contributed by atoms with van der Waals surface area (Å²) in [7, 11) is -3.63. The van der Waals surface area contributed by atoms with Crippen LogP contribution in [0.1, 0.15) is 35.2 Å². The number of fused-ring (bicyclic) bond motifs is 2. The van der Waals surface area contributed by atoms with Gasteiger partial charge in [0.1, 0.15) is 0 Å². The Balaban J connectivity index is 1.65. The summed E-state index contributed by atoms with van der Waals surface area (Å²) < 4.78 is 32.9. The van der Waals surface area contributed by atoms with Crippen molar-refractivity contribution in [3.63, 3.8) is 0 Å². The van der Waals surface area contributed by atoms with Crippen molar-refractivity contribution < 1.29 is 17.9 Å². The molecule has 1 amide bonds. The average molecular weight is 394 g/mol. The van der Waals surface area contributed by atoms with Gasteiger partial charge in [-0.15, -0.1) is 0 Å². The minimum Gasteiger partial charge on any atom is -0.379 e. The third kappa shape index (κ3) is 3.51. The standard InChI is InChI=1S/C19H27N3O4S/c1-14-2-3-15(12-18(14)27(24,25)21-8-10-26-11-9-21)19(23)22-16-4-5-17(22)13-20-7-6-16/h2-3,12,16-17,20H,4-11,13H2,1H3. The number of hydrogen-bond acceptors (Lipinski definition) is 5. The Hall–Kier alpha value is -1.48. The lowest BCUT2D eigenvalue weighted by atomic mass is 10.1. The number of carbonyl (C=O) groups excluding carboxylic acids is 1. The molecule has 1 N–H and O–H groups in total. The van der Waals surface area contributed by atoms with Crippen LogP contribution in [-0.2, 0) is 14.8 Å². The largest absolute Gasteiger partial charge is 0.379 e. The van der Waals surface area contributed by atoms with Crippen molar-refractivity contribution in [3.05, 3.63) is 29.3 Å². The normalized spacial score (nSPS) is 26.8. The van der Waals surface area contributed by atoms with E-state index in [2.05, 4.69) is 5.32 Å². The molecular weight excluding hydrogens is 366 g/mol. The van der Waals surface area contributed by atoms with Crippen LogP contribution < -0.4 is 5.32 Å². The molecule has 3 saturated heterocycles. The molecule has 1 aromatic rings. The highest BCUT2D eigenvalue weighted by Gasteiger charge is 2.39. The van der Waals surface area contributed by atoms with Crippen molar-refractivity contribution in [2.45, 2.75) is 43.2 Å². The first-order chi connectivity index (χ1) is 13.0. The number of sulfonamides is 1. The topological polar surface area (TPSA) is 79.0 Å². The average Bonchev–Trinajstić information content (AvgIpc) is 2.94. The summed E-state index contributed by atoms with van der Waals surface area (Å²) >= 11 is 0. The van der Waals surface area contributed by atoms with Crippen LogP contribution in [0.3, 0.4) is 0 Å². The number of aryl methyl sites for hydroxylation is 1. The Morgan fingerprint density at radius 2 is 1.89 bits per heavy atom. The van der Waals surface area contributed by atoms with E-state index < -0.39 is 10.0 Å². The van der Waals surface area contributed by atoms with Gasteiger partial charge in [0, 0.05) is 37.3 Å². The zero-order valence-corrected chi connectivity index (χ0v) is 16.5. The van der Waals surface area contributed by atoms with Crippen molar-refractivity contribution >= 4 is 15.9 Å². The highest BCUT2D eigenvalue weighted by Crippen LogP contribution is 2.31. The van der Waals surface area contributed by atoms with E-state index in [1.165, 1.54) is 4.31 Å². The van der Waals surface area contributed by atoms with Crippen LogP contribution in [0, 0.1) is 6.92 Å². The highest BCUT2D eigenvalue weighted by molar-refractivity contribution is 7.89. The molecule has 3 aliphatic heterocycles. The van der Waals surface area contributed by atoms with E-state index in [0.717, 1.165) is 32.4 Å². The Kier molecular flexibility index (Phi) is 5.24. The van der Waals surface area contributed by atoms with E-state index in [1.807, 2.05) is 4.90 Å². The van der Waals surface area contributed by atoms with Gasteiger partial charge in [-0.25, -0.2) is 8.42 Å². The number of amides is 1. The minimum absolute atomic E-state index is 0.0513. The number of rotatable bonds is 3. The zero-order chi connectivity index (χ0) is 19.0. The van der Waals surface area contributed by atoms with E-state index in [0.29, 0.717) is 37.4 Å². The second kappa shape index (κ2) is 7.50. The minimum atomic E-state index is -3.63. The highest BCUT2D eigenvalue weighted by atomic mass is 32.2. The molecule has 0 spiro atoms. The Labute approximate surface area is 160 Å². The summed E-state index contributed by atoms with van der Waals surface area (Å²) in [5, 5.41) is 3.39. The summed E-state index contributed by atoms with van der Waals surface area (Å²) in [6.45, 7) is 5.02. The van der Waals surface area contributed by atoms with Gasteiger partial charge in [-0.2, -0.15) is 4.31 Å². The first kappa shape index (κ1) is 18.9. The molecular formula is C19H27N3O4S. The van der Waals surface area contributed by atoms with Gasteiger partial charge in [0.2, 0.25) is 10.0 Å². The molecule has 8 heteroatoms. The van der Waals surface area contributed by atoms with Crippen LogP contribution in [0.4, 0.5) is 0 Å². The van der Waals surface area contributed by atoms with E-state index >= 15 is 0 Å². The van der Waals surface area contributed by atoms with Crippen molar-refractivity contribution in [3.8, 4) is 0 Å². The van der Waals surface area contributed by atoms with Gasteiger partial charge in [0.05, 0.1) is 18.1 Å². The predicted molar refractivity (Wildman–Crippen MR) is 101 cm³/mol. The second-order valence-electron chi connectivity index (χ2n) is 7.59. The van der Waals surface area contributed by atoms with Crippen LogP contribution in [0.2, 0.25) is 0 Å². The van der Waals surface area contributed by atoms with E-state index in [1.54, 1.807) is 25.1 Å². The number of ether oxygens (including phenoxy) is 1. The van der Waals surface area contributed by atoms with Crippen molar-refractivity contribution in [1.29, 1.82) is 0 Å². The molecule has 1 aromatic carbocycles. The second-order valence-corrected chi connectivity index (χ2v) is 9.49. The monoisotopic (exact) mass is 393 g/mol. The molecule has 148 valence electrons. The number of morpholine rings is 1. The Bertz CT molecular complexity index is 806. The fourth-order valence-electron chi connectivity index (χ4n) is 4.40. The molecule has 0 aromatic heterocycles. The summed E-state index contributed by atoms with van der Waals surface area (Å²) in [6.07, 6.45) is 2.99. The van der Waals surface area contributed by atoms with E-state index in [9.17, 15) is 13.2 Å².